The molecule has 1 aromatic rings. The fourth-order valence-electron chi connectivity index (χ4n) is 1.60. The number of esters is 1. The van der Waals surface area contributed by atoms with Gasteiger partial charge in [0.05, 0.1) is 19.0 Å². The first-order chi connectivity index (χ1) is 9.11. The Morgan fingerprint density at radius 1 is 1.53 bits per heavy atom. The Hall–Kier alpha value is -1.75. The van der Waals surface area contributed by atoms with Crippen LogP contribution in [0, 0.1) is 11.8 Å². The summed E-state index contributed by atoms with van der Waals surface area (Å²) in [5.74, 6) is -1.67. The zero-order valence-electron chi connectivity index (χ0n) is 10.4. The first-order valence-electron chi connectivity index (χ1n) is 5.89. The van der Waals surface area contributed by atoms with Gasteiger partial charge in [0.15, 0.2) is 11.7 Å². The van der Waals surface area contributed by atoms with Crippen molar-refractivity contribution in [1.29, 1.82) is 0 Å². The van der Waals surface area contributed by atoms with Crippen LogP contribution in [0.2, 0.25) is 5.15 Å². The second-order valence-corrected chi connectivity index (χ2v) is 4.68. The number of aromatic nitrogens is 1. The van der Waals surface area contributed by atoms with Crippen LogP contribution >= 0.6 is 11.6 Å². The molecule has 0 amide bonds. The first kappa shape index (κ1) is 13.7. The molecule has 0 aliphatic heterocycles. The number of ketones is 1. The Morgan fingerprint density at radius 3 is 2.79 bits per heavy atom. The highest BCUT2D eigenvalue weighted by atomic mass is 35.5. The lowest BCUT2D eigenvalue weighted by molar-refractivity contribution is -0.146. The van der Waals surface area contributed by atoms with Crippen molar-refractivity contribution in [3.8, 4) is 0 Å². The van der Waals surface area contributed by atoms with Crippen molar-refractivity contribution in [3.05, 3.63) is 23.5 Å². The highest BCUT2D eigenvalue weighted by Crippen LogP contribution is 2.32. The summed E-state index contributed by atoms with van der Waals surface area (Å²) in [5, 5.41) is 0.359. The summed E-state index contributed by atoms with van der Waals surface area (Å²) in [4.78, 5) is 31.5. The standard InChI is InChI=1S/C13H13ClN2O3/c1-19-13(18)10(12(17)8-2-3-8)7-15-9-4-5-11(14)16-6-9/h4-8,10H,2-3H2,1H3. The lowest BCUT2D eigenvalue weighted by Gasteiger charge is -2.07. The van der Waals surface area contributed by atoms with Gasteiger partial charge < -0.3 is 4.74 Å². The van der Waals surface area contributed by atoms with Crippen molar-refractivity contribution >= 4 is 35.3 Å². The Balaban J connectivity index is 2.12. The smallest absolute Gasteiger partial charge is 0.321 e. The van der Waals surface area contributed by atoms with Crippen molar-refractivity contribution in [1.82, 2.24) is 4.98 Å². The van der Waals surface area contributed by atoms with Crippen LogP contribution in [0.5, 0.6) is 0 Å². The molecule has 1 atom stereocenters. The quantitative estimate of drug-likeness (QED) is 0.359. The third-order valence-corrected chi connectivity index (χ3v) is 3.05. The molecule has 1 fully saturated rings. The van der Waals surface area contributed by atoms with Crippen LogP contribution in [-0.4, -0.2) is 30.1 Å². The molecule has 0 aromatic carbocycles. The summed E-state index contributed by atoms with van der Waals surface area (Å²) < 4.78 is 4.63. The summed E-state index contributed by atoms with van der Waals surface area (Å²) in [7, 11) is 1.26. The molecule has 1 aromatic heterocycles. The van der Waals surface area contributed by atoms with Crippen molar-refractivity contribution in [2.45, 2.75) is 12.8 Å². The molecule has 2 rings (SSSR count). The maximum absolute atomic E-state index is 12.0. The van der Waals surface area contributed by atoms with Gasteiger partial charge in [0, 0.05) is 12.1 Å². The van der Waals surface area contributed by atoms with Crippen LogP contribution < -0.4 is 0 Å². The van der Waals surface area contributed by atoms with Gasteiger partial charge in [0.1, 0.15) is 5.15 Å². The van der Waals surface area contributed by atoms with E-state index in [-0.39, 0.29) is 11.7 Å². The molecule has 0 saturated heterocycles. The number of nitrogens with zero attached hydrogens (tertiary/aromatic N) is 2. The molecule has 19 heavy (non-hydrogen) atoms. The van der Waals surface area contributed by atoms with Crippen LogP contribution in [0.15, 0.2) is 23.3 Å². The Bertz CT molecular complexity index is 509. The van der Waals surface area contributed by atoms with Gasteiger partial charge in [-0.2, -0.15) is 0 Å². The van der Waals surface area contributed by atoms with E-state index >= 15 is 0 Å². The maximum Gasteiger partial charge on any atom is 0.321 e. The molecule has 1 aliphatic rings. The number of hydrogen-bond donors (Lipinski definition) is 0. The van der Waals surface area contributed by atoms with E-state index in [4.69, 9.17) is 11.6 Å². The van der Waals surface area contributed by atoms with Gasteiger partial charge in [-0.05, 0) is 25.0 Å². The second-order valence-electron chi connectivity index (χ2n) is 4.29. The molecule has 1 heterocycles. The minimum absolute atomic E-state index is 0.0288. The van der Waals surface area contributed by atoms with Gasteiger partial charge in [-0.1, -0.05) is 11.6 Å². The minimum atomic E-state index is -0.937. The van der Waals surface area contributed by atoms with Gasteiger partial charge >= 0.3 is 5.97 Å². The van der Waals surface area contributed by atoms with Crippen LogP contribution in [0.3, 0.4) is 0 Å². The molecule has 0 spiro atoms. The van der Waals surface area contributed by atoms with E-state index < -0.39 is 11.9 Å². The molecule has 0 radical (unpaired) electrons. The fourth-order valence-corrected chi connectivity index (χ4v) is 1.72. The van der Waals surface area contributed by atoms with E-state index in [1.807, 2.05) is 0 Å². The van der Waals surface area contributed by atoms with Crippen LogP contribution in [-0.2, 0) is 14.3 Å². The highest BCUT2D eigenvalue weighted by Gasteiger charge is 2.38. The van der Waals surface area contributed by atoms with Crippen molar-refractivity contribution < 1.29 is 14.3 Å². The molecule has 1 unspecified atom stereocenters. The van der Waals surface area contributed by atoms with E-state index in [9.17, 15) is 9.59 Å². The summed E-state index contributed by atoms with van der Waals surface area (Å²) in [6.07, 6.45) is 4.46. The number of hydrogen-bond acceptors (Lipinski definition) is 5. The number of ether oxygens (including phenoxy) is 1. The van der Waals surface area contributed by atoms with E-state index in [1.165, 1.54) is 19.5 Å². The SMILES string of the molecule is COC(=O)C(C=Nc1ccc(Cl)nc1)C(=O)C1CC1. The first-order valence-corrected chi connectivity index (χ1v) is 6.27. The van der Waals surface area contributed by atoms with Gasteiger partial charge in [-0.15, -0.1) is 0 Å². The number of aliphatic imine (C=N–C) groups is 1. The average Bonchev–Trinajstić information content (AvgIpc) is 3.24. The summed E-state index contributed by atoms with van der Waals surface area (Å²) in [5.41, 5.74) is 0.530. The molecular weight excluding hydrogens is 268 g/mol. The molecule has 1 aliphatic carbocycles. The zero-order valence-corrected chi connectivity index (χ0v) is 11.1. The fraction of sp³-hybridized carbons (Fsp3) is 0.385. The highest BCUT2D eigenvalue weighted by molar-refractivity contribution is 6.29. The molecule has 0 bridgehead atoms. The second kappa shape index (κ2) is 5.93. The normalized spacial score (nSPS) is 16.3. The predicted octanol–water partition coefficient (Wildman–Crippen LogP) is 2.21. The average molecular weight is 281 g/mol. The van der Waals surface area contributed by atoms with E-state index in [1.54, 1.807) is 12.1 Å². The van der Waals surface area contributed by atoms with Crippen molar-refractivity contribution in [2.75, 3.05) is 7.11 Å². The van der Waals surface area contributed by atoms with E-state index in [0.717, 1.165) is 12.8 Å². The van der Waals surface area contributed by atoms with Gasteiger partial charge in [0.25, 0.3) is 0 Å². The number of methoxy groups -OCH3 is 1. The lowest BCUT2D eigenvalue weighted by atomic mass is 10.0. The monoisotopic (exact) mass is 280 g/mol. The lowest BCUT2D eigenvalue weighted by Crippen LogP contribution is -2.27. The Morgan fingerprint density at radius 2 is 2.26 bits per heavy atom. The third-order valence-electron chi connectivity index (χ3n) is 2.83. The molecule has 100 valence electrons. The summed E-state index contributed by atoms with van der Waals surface area (Å²) >= 11 is 5.66. The van der Waals surface area contributed by atoms with Crippen LogP contribution in [0.1, 0.15) is 12.8 Å². The van der Waals surface area contributed by atoms with E-state index in [2.05, 4.69) is 14.7 Å². The zero-order chi connectivity index (χ0) is 13.8. The number of pyridine rings is 1. The summed E-state index contributed by atoms with van der Waals surface area (Å²) in [6.45, 7) is 0. The van der Waals surface area contributed by atoms with Crippen LogP contribution in [0.25, 0.3) is 0 Å². The van der Waals surface area contributed by atoms with Gasteiger partial charge in [0.2, 0.25) is 0 Å². The minimum Gasteiger partial charge on any atom is -0.468 e. The number of carbonyl (C=O) groups is 2. The Kier molecular flexibility index (Phi) is 4.27. The topological polar surface area (TPSA) is 68.6 Å². The Labute approximate surface area is 115 Å². The molecule has 0 N–H and O–H groups in total. The molecule has 1 saturated carbocycles. The maximum atomic E-state index is 12.0. The third kappa shape index (κ3) is 3.61. The van der Waals surface area contributed by atoms with Crippen molar-refractivity contribution in [3.63, 3.8) is 0 Å². The largest absolute Gasteiger partial charge is 0.468 e. The molecule has 6 heteroatoms. The van der Waals surface area contributed by atoms with Crippen LogP contribution in [0.4, 0.5) is 5.69 Å². The van der Waals surface area contributed by atoms with Gasteiger partial charge in [-0.25, -0.2) is 4.98 Å². The predicted molar refractivity (Wildman–Crippen MR) is 70.6 cm³/mol. The van der Waals surface area contributed by atoms with Gasteiger partial charge in [-0.3, -0.25) is 14.6 Å². The molecule has 5 nitrogen and oxygen atoms in total. The van der Waals surface area contributed by atoms with Crippen molar-refractivity contribution in [2.24, 2.45) is 16.8 Å². The molecular formula is C13H13ClN2O3. The number of carbonyl (C=O) groups excluding carboxylic acids is 2. The number of rotatable bonds is 5. The van der Waals surface area contributed by atoms with E-state index in [0.29, 0.717) is 10.8 Å². The summed E-state index contributed by atoms with van der Waals surface area (Å²) in [6, 6.07) is 3.24. The number of Topliss-reactive ketones (excluding diaryl/α,β-unsaturated/α-hetero) is 1. The number of halogens is 1.